The number of esters is 1. The molecule has 0 heterocycles. The fraction of sp³-hybridized carbons (Fsp3) is 0. The van der Waals surface area contributed by atoms with Gasteiger partial charge in [-0.05, 0) is 23.8 Å². The Balaban J connectivity index is 2.76. The van der Waals surface area contributed by atoms with E-state index in [4.69, 9.17) is 10.2 Å². The van der Waals surface area contributed by atoms with Gasteiger partial charge in [0.2, 0.25) is 0 Å². The van der Waals surface area contributed by atoms with Crippen LogP contribution in [-0.4, -0.2) is 16.2 Å². The molecule has 0 radical (unpaired) electrons. The third-order valence-corrected chi connectivity index (χ3v) is 1.61. The molecule has 4 nitrogen and oxygen atoms in total. The number of hydrogen-bond acceptors (Lipinski definition) is 4. The maximum Gasteiger partial charge on any atom is 0.335 e. The number of aromatic hydroxyl groups is 2. The summed E-state index contributed by atoms with van der Waals surface area (Å²) < 4.78 is 4.44. The number of phenols is 2. The number of rotatable bonds is 3. The van der Waals surface area contributed by atoms with Crippen LogP contribution in [0.1, 0.15) is 5.56 Å². The first kappa shape index (κ1) is 10.8. The number of ether oxygens (including phenoxy) is 1. The van der Waals surface area contributed by atoms with Gasteiger partial charge in [0.1, 0.15) is 0 Å². The van der Waals surface area contributed by atoms with Gasteiger partial charge in [-0.15, -0.1) is 0 Å². The molecule has 15 heavy (non-hydrogen) atoms. The minimum Gasteiger partial charge on any atom is -0.504 e. The molecular formula is C11H10O4. The molecule has 2 N–H and O–H groups in total. The summed E-state index contributed by atoms with van der Waals surface area (Å²) in [6.45, 7) is 3.23. The fourth-order valence-corrected chi connectivity index (χ4v) is 0.930. The van der Waals surface area contributed by atoms with Crippen LogP contribution in [0.15, 0.2) is 37.1 Å². The molecule has 0 saturated carbocycles. The predicted molar refractivity (Wildman–Crippen MR) is 55.1 cm³/mol. The van der Waals surface area contributed by atoms with Gasteiger partial charge >= 0.3 is 5.97 Å². The Hall–Kier alpha value is -2.23. The van der Waals surface area contributed by atoms with Crippen LogP contribution in [-0.2, 0) is 9.53 Å². The van der Waals surface area contributed by atoms with Gasteiger partial charge in [-0.3, -0.25) is 0 Å². The van der Waals surface area contributed by atoms with E-state index in [1.54, 1.807) is 6.07 Å². The summed E-state index contributed by atoms with van der Waals surface area (Å²) >= 11 is 0. The number of benzene rings is 1. The van der Waals surface area contributed by atoms with E-state index in [1.165, 1.54) is 24.3 Å². The first-order chi connectivity index (χ1) is 7.13. The lowest BCUT2D eigenvalue weighted by atomic mass is 10.2. The standard InChI is InChI=1S/C11H10O4/c1-2-15-11(14)6-4-8-3-5-9(12)10(13)7-8/h2-7,12-13H,1H2. The normalized spacial score (nSPS) is 10.1. The number of carbonyl (C=O) groups excluding carboxylic acids is 1. The Morgan fingerprint density at radius 2 is 2.07 bits per heavy atom. The van der Waals surface area contributed by atoms with E-state index >= 15 is 0 Å². The van der Waals surface area contributed by atoms with Crippen LogP contribution < -0.4 is 0 Å². The SMILES string of the molecule is C=COC(=O)C=Cc1ccc(O)c(O)c1. The number of hydrogen-bond donors (Lipinski definition) is 2. The van der Waals surface area contributed by atoms with Crippen LogP contribution in [0.5, 0.6) is 11.5 Å². The zero-order valence-corrected chi connectivity index (χ0v) is 7.88. The molecule has 0 unspecified atom stereocenters. The van der Waals surface area contributed by atoms with E-state index in [0.29, 0.717) is 5.56 Å². The largest absolute Gasteiger partial charge is 0.504 e. The van der Waals surface area contributed by atoms with E-state index in [9.17, 15) is 4.79 Å². The van der Waals surface area contributed by atoms with E-state index in [2.05, 4.69) is 11.3 Å². The molecular weight excluding hydrogens is 196 g/mol. The highest BCUT2D eigenvalue weighted by molar-refractivity contribution is 5.87. The van der Waals surface area contributed by atoms with Crippen molar-refractivity contribution >= 4 is 12.0 Å². The molecule has 0 aliphatic heterocycles. The minimum absolute atomic E-state index is 0.208. The summed E-state index contributed by atoms with van der Waals surface area (Å²) in [5.41, 5.74) is 0.575. The van der Waals surface area contributed by atoms with Gasteiger partial charge in [0.05, 0.1) is 6.26 Å². The summed E-state index contributed by atoms with van der Waals surface area (Å²) in [5, 5.41) is 18.2. The number of carbonyl (C=O) groups is 1. The molecule has 0 spiro atoms. The molecule has 1 aromatic rings. The van der Waals surface area contributed by atoms with Crippen molar-refractivity contribution < 1.29 is 19.7 Å². The lowest BCUT2D eigenvalue weighted by Gasteiger charge is -1.98. The van der Waals surface area contributed by atoms with E-state index in [0.717, 1.165) is 6.26 Å². The highest BCUT2D eigenvalue weighted by atomic mass is 16.5. The smallest absolute Gasteiger partial charge is 0.335 e. The minimum atomic E-state index is -0.558. The molecule has 0 bridgehead atoms. The van der Waals surface area contributed by atoms with Crippen molar-refractivity contribution in [3.8, 4) is 11.5 Å². The average Bonchev–Trinajstić information content (AvgIpc) is 2.20. The van der Waals surface area contributed by atoms with Crippen molar-refractivity contribution in [1.29, 1.82) is 0 Å². The van der Waals surface area contributed by atoms with E-state index in [1.807, 2.05) is 0 Å². The van der Waals surface area contributed by atoms with Gasteiger partial charge in [-0.25, -0.2) is 4.79 Å². The van der Waals surface area contributed by atoms with Crippen molar-refractivity contribution in [2.45, 2.75) is 0 Å². The molecule has 0 amide bonds. The first-order valence-corrected chi connectivity index (χ1v) is 4.15. The molecule has 4 heteroatoms. The zero-order valence-electron chi connectivity index (χ0n) is 7.88. The molecule has 0 fully saturated rings. The van der Waals surface area contributed by atoms with Crippen molar-refractivity contribution in [2.24, 2.45) is 0 Å². The maximum atomic E-state index is 10.9. The van der Waals surface area contributed by atoms with Gasteiger partial charge < -0.3 is 14.9 Å². The lowest BCUT2D eigenvalue weighted by molar-refractivity contribution is -0.132. The van der Waals surface area contributed by atoms with Crippen LogP contribution in [0.2, 0.25) is 0 Å². The van der Waals surface area contributed by atoms with Crippen LogP contribution >= 0.6 is 0 Å². The highest BCUT2D eigenvalue weighted by Gasteiger charge is 1.98. The van der Waals surface area contributed by atoms with Gasteiger partial charge in [-0.2, -0.15) is 0 Å². The van der Waals surface area contributed by atoms with Gasteiger partial charge in [-0.1, -0.05) is 12.6 Å². The third kappa shape index (κ3) is 3.19. The van der Waals surface area contributed by atoms with Crippen LogP contribution in [0.3, 0.4) is 0 Å². The second-order valence-electron chi connectivity index (χ2n) is 2.69. The Labute approximate surface area is 86.7 Å². The third-order valence-electron chi connectivity index (χ3n) is 1.61. The van der Waals surface area contributed by atoms with Crippen molar-refractivity contribution in [1.82, 2.24) is 0 Å². The quantitative estimate of drug-likeness (QED) is 0.342. The monoisotopic (exact) mass is 206 g/mol. The topological polar surface area (TPSA) is 66.8 Å². The molecule has 0 aliphatic rings. The summed E-state index contributed by atoms with van der Waals surface area (Å²) in [6.07, 6.45) is 3.67. The van der Waals surface area contributed by atoms with Crippen LogP contribution in [0, 0.1) is 0 Å². The number of phenolic OH excluding ortho intramolecular Hbond substituents is 2. The van der Waals surface area contributed by atoms with Crippen molar-refractivity contribution in [3.05, 3.63) is 42.7 Å². The lowest BCUT2D eigenvalue weighted by Crippen LogP contribution is -1.92. The van der Waals surface area contributed by atoms with Crippen LogP contribution in [0.25, 0.3) is 6.08 Å². The first-order valence-electron chi connectivity index (χ1n) is 4.15. The summed E-state index contributed by atoms with van der Waals surface area (Å²) in [4.78, 5) is 10.9. The van der Waals surface area contributed by atoms with Gasteiger partial charge in [0, 0.05) is 6.08 Å². The molecule has 1 rings (SSSR count). The van der Waals surface area contributed by atoms with Crippen molar-refractivity contribution in [2.75, 3.05) is 0 Å². The average molecular weight is 206 g/mol. The Morgan fingerprint density at radius 1 is 1.33 bits per heavy atom. The Bertz CT molecular complexity index is 407. The van der Waals surface area contributed by atoms with Gasteiger partial charge in [0.25, 0.3) is 0 Å². The highest BCUT2D eigenvalue weighted by Crippen LogP contribution is 2.25. The zero-order chi connectivity index (χ0) is 11.3. The Morgan fingerprint density at radius 3 is 2.67 bits per heavy atom. The molecule has 0 atom stereocenters. The predicted octanol–water partition coefficient (Wildman–Crippen LogP) is 1.80. The molecule has 0 aliphatic carbocycles. The molecule has 0 aromatic heterocycles. The molecule has 1 aromatic carbocycles. The second-order valence-corrected chi connectivity index (χ2v) is 2.69. The summed E-state index contributed by atoms with van der Waals surface area (Å²) in [5.74, 6) is -1.01. The van der Waals surface area contributed by atoms with Gasteiger partial charge in [0.15, 0.2) is 11.5 Å². The molecule has 78 valence electrons. The second kappa shape index (κ2) is 4.85. The van der Waals surface area contributed by atoms with E-state index < -0.39 is 5.97 Å². The Kier molecular flexibility index (Phi) is 3.51. The maximum absolute atomic E-state index is 10.9. The van der Waals surface area contributed by atoms with Crippen LogP contribution in [0.4, 0.5) is 0 Å². The summed E-state index contributed by atoms with van der Waals surface area (Å²) in [6, 6.07) is 4.20. The van der Waals surface area contributed by atoms with E-state index in [-0.39, 0.29) is 11.5 Å². The summed E-state index contributed by atoms with van der Waals surface area (Å²) in [7, 11) is 0. The molecule has 0 saturated heterocycles. The fourth-order valence-electron chi connectivity index (χ4n) is 0.930. The van der Waals surface area contributed by atoms with Crippen molar-refractivity contribution in [3.63, 3.8) is 0 Å².